The van der Waals surface area contributed by atoms with Crippen LogP contribution in [0.5, 0.6) is 11.5 Å². The lowest BCUT2D eigenvalue weighted by atomic mass is 10.2. The zero-order valence-electron chi connectivity index (χ0n) is 11.5. The summed E-state index contributed by atoms with van der Waals surface area (Å²) in [7, 11) is 1.65. The molecule has 0 aliphatic carbocycles. The van der Waals surface area contributed by atoms with Crippen LogP contribution in [0.15, 0.2) is 18.2 Å². The molecule has 0 saturated heterocycles. The van der Waals surface area contributed by atoms with Gasteiger partial charge < -0.3 is 14.8 Å². The van der Waals surface area contributed by atoms with Crippen molar-refractivity contribution >= 4 is 0 Å². The van der Waals surface area contributed by atoms with Crippen molar-refractivity contribution in [3.8, 4) is 23.3 Å². The molecule has 18 heavy (non-hydrogen) atoms. The smallest absolute Gasteiger partial charge is 0.149 e. The number of nitrogens with one attached hydrogen (secondary N) is 1. The molecule has 1 aromatic carbocycles. The van der Waals surface area contributed by atoms with Crippen LogP contribution in [0.3, 0.4) is 0 Å². The third kappa shape index (κ3) is 4.68. The Bertz CT molecular complexity index is 430. The Hall–Kier alpha value is -1.66. The minimum Gasteiger partial charge on any atom is -0.497 e. The number of hydrogen-bond donors (Lipinski definition) is 1. The van der Waals surface area contributed by atoms with Crippen LogP contribution in [-0.4, -0.2) is 19.8 Å². The highest BCUT2D eigenvalue weighted by atomic mass is 16.5. The molecule has 0 saturated carbocycles. The van der Waals surface area contributed by atoms with Gasteiger partial charge in [0, 0.05) is 24.2 Å². The van der Waals surface area contributed by atoms with E-state index in [9.17, 15) is 0 Å². The summed E-state index contributed by atoms with van der Waals surface area (Å²) in [5.41, 5.74) is 1.11. The molecule has 3 heteroatoms. The molecule has 0 bridgehead atoms. The fourth-order valence-electron chi connectivity index (χ4n) is 1.44. The van der Waals surface area contributed by atoms with Gasteiger partial charge in [-0.05, 0) is 13.0 Å². The molecule has 98 valence electrons. The van der Waals surface area contributed by atoms with Gasteiger partial charge >= 0.3 is 0 Å². The van der Waals surface area contributed by atoms with Crippen molar-refractivity contribution in [3.63, 3.8) is 0 Å². The molecule has 0 unspecified atom stereocenters. The maximum absolute atomic E-state index is 5.66. The third-order valence-electron chi connectivity index (χ3n) is 2.45. The van der Waals surface area contributed by atoms with Gasteiger partial charge in [0.05, 0.1) is 7.11 Å². The predicted molar refractivity (Wildman–Crippen MR) is 73.9 cm³/mol. The molecule has 1 N–H and O–H groups in total. The summed E-state index contributed by atoms with van der Waals surface area (Å²) in [6, 6.07) is 6.29. The minimum absolute atomic E-state index is 0.401. The summed E-state index contributed by atoms with van der Waals surface area (Å²) < 4.78 is 10.9. The molecule has 0 aliphatic rings. The van der Waals surface area contributed by atoms with Crippen LogP contribution in [0.4, 0.5) is 0 Å². The van der Waals surface area contributed by atoms with Crippen LogP contribution in [0.1, 0.15) is 26.3 Å². The second-order valence-corrected chi connectivity index (χ2v) is 4.22. The average Bonchev–Trinajstić information content (AvgIpc) is 2.37. The zero-order chi connectivity index (χ0) is 13.4. The Morgan fingerprint density at radius 3 is 2.72 bits per heavy atom. The molecule has 0 aliphatic heterocycles. The molecule has 1 aromatic rings. The summed E-state index contributed by atoms with van der Waals surface area (Å²) in [6.07, 6.45) is 0. The van der Waals surface area contributed by atoms with Crippen molar-refractivity contribution < 1.29 is 9.47 Å². The standard InChI is InChI=1S/C15H21NO2/c1-5-6-9-18-15-10-14(17-4)8-7-13(15)11-16-12(2)3/h7-8,10,12,16H,9,11H2,1-4H3. The molecule has 0 aromatic heterocycles. The summed E-state index contributed by atoms with van der Waals surface area (Å²) in [5, 5.41) is 3.37. The molecular weight excluding hydrogens is 226 g/mol. The number of hydrogen-bond acceptors (Lipinski definition) is 3. The monoisotopic (exact) mass is 247 g/mol. The van der Waals surface area contributed by atoms with E-state index in [1.807, 2.05) is 18.2 Å². The van der Waals surface area contributed by atoms with E-state index < -0.39 is 0 Å². The Balaban J connectivity index is 2.81. The van der Waals surface area contributed by atoms with Gasteiger partial charge in [-0.3, -0.25) is 0 Å². The normalized spacial score (nSPS) is 9.83. The van der Waals surface area contributed by atoms with Crippen LogP contribution in [-0.2, 0) is 6.54 Å². The van der Waals surface area contributed by atoms with Crippen molar-refractivity contribution in [1.29, 1.82) is 0 Å². The van der Waals surface area contributed by atoms with E-state index in [4.69, 9.17) is 9.47 Å². The molecular formula is C15H21NO2. The van der Waals surface area contributed by atoms with Gasteiger partial charge in [0.25, 0.3) is 0 Å². The zero-order valence-corrected chi connectivity index (χ0v) is 11.5. The highest BCUT2D eigenvalue weighted by molar-refractivity contribution is 5.41. The minimum atomic E-state index is 0.401. The van der Waals surface area contributed by atoms with Gasteiger partial charge in [-0.15, -0.1) is 5.92 Å². The van der Waals surface area contributed by atoms with Crippen LogP contribution < -0.4 is 14.8 Å². The highest BCUT2D eigenvalue weighted by Gasteiger charge is 2.06. The SMILES string of the molecule is CC#CCOc1cc(OC)ccc1CNC(C)C. The lowest BCUT2D eigenvalue weighted by Crippen LogP contribution is -2.22. The summed E-state index contributed by atoms with van der Waals surface area (Å²) in [5.74, 6) is 7.33. The first-order valence-corrected chi connectivity index (χ1v) is 6.10. The van der Waals surface area contributed by atoms with E-state index in [0.29, 0.717) is 12.6 Å². The Labute approximate surface area is 109 Å². The van der Waals surface area contributed by atoms with Crippen LogP contribution in [0, 0.1) is 11.8 Å². The van der Waals surface area contributed by atoms with Crippen molar-refractivity contribution in [1.82, 2.24) is 5.32 Å². The van der Waals surface area contributed by atoms with E-state index in [-0.39, 0.29) is 0 Å². The first-order valence-electron chi connectivity index (χ1n) is 6.10. The van der Waals surface area contributed by atoms with Gasteiger partial charge in [0.1, 0.15) is 18.1 Å². The van der Waals surface area contributed by atoms with Gasteiger partial charge in [0.2, 0.25) is 0 Å². The Morgan fingerprint density at radius 1 is 1.33 bits per heavy atom. The number of rotatable bonds is 6. The topological polar surface area (TPSA) is 30.5 Å². The maximum Gasteiger partial charge on any atom is 0.149 e. The van der Waals surface area contributed by atoms with Gasteiger partial charge in [-0.1, -0.05) is 25.8 Å². The van der Waals surface area contributed by atoms with Crippen LogP contribution in [0.2, 0.25) is 0 Å². The van der Waals surface area contributed by atoms with Crippen LogP contribution in [0.25, 0.3) is 0 Å². The van der Waals surface area contributed by atoms with Gasteiger partial charge in [0.15, 0.2) is 0 Å². The second-order valence-electron chi connectivity index (χ2n) is 4.22. The first kappa shape index (κ1) is 14.4. The number of benzene rings is 1. The van der Waals surface area contributed by atoms with Crippen LogP contribution >= 0.6 is 0 Å². The van der Waals surface area contributed by atoms with Gasteiger partial charge in [-0.2, -0.15) is 0 Å². The van der Waals surface area contributed by atoms with Gasteiger partial charge in [-0.25, -0.2) is 0 Å². The van der Waals surface area contributed by atoms with E-state index in [0.717, 1.165) is 23.6 Å². The molecule has 0 heterocycles. The molecule has 0 spiro atoms. The molecule has 3 nitrogen and oxygen atoms in total. The summed E-state index contributed by atoms with van der Waals surface area (Å²) >= 11 is 0. The second kappa shape index (κ2) is 7.62. The lowest BCUT2D eigenvalue weighted by Gasteiger charge is -2.13. The molecule has 0 fully saturated rings. The van der Waals surface area contributed by atoms with Crippen molar-refractivity contribution in [2.24, 2.45) is 0 Å². The Kier molecular flexibility index (Phi) is 6.10. The number of methoxy groups -OCH3 is 1. The van der Waals surface area contributed by atoms with E-state index >= 15 is 0 Å². The predicted octanol–water partition coefficient (Wildman–Crippen LogP) is 2.60. The third-order valence-corrected chi connectivity index (χ3v) is 2.45. The average molecular weight is 247 g/mol. The van der Waals surface area contributed by atoms with E-state index in [1.54, 1.807) is 14.0 Å². The quantitative estimate of drug-likeness (QED) is 0.784. The van der Waals surface area contributed by atoms with E-state index in [2.05, 4.69) is 31.0 Å². The van der Waals surface area contributed by atoms with E-state index in [1.165, 1.54) is 0 Å². The van der Waals surface area contributed by atoms with Crippen molar-refractivity contribution in [2.45, 2.75) is 33.4 Å². The molecule has 0 radical (unpaired) electrons. The molecule has 0 amide bonds. The summed E-state index contributed by atoms with van der Waals surface area (Å²) in [6.45, 7) is 7.21. The van der Waals surface area contributed by atoms with Crippen molar-refractivity contribution in [2.75, 3.05) is 13.7 Å². The van der Waals surface area contributed by atoms with Crippen molar-refractivity contribution in [3.05, 3.63) is 23.8 Å². The fourth-order valence-corrected chi connectivity index (χ4v) is 1.44. The lowest BCUT2D eigenvalue weighted by molar-refractivity contribution is 0.357. The largest absolute Gasteiger partial charge is 0.497 e. The highest BCUT2D eigenvalue weighted by Crippen LogP contribution is 2.24. The Morgan fingerprint density at radius 2 is 2.11 bits per heavy atom. The fraction of sp³-hybridized carbons (Fsp3) is 0.467. The first-order chi connectivity index (χ1) is 8.67. The molecule has 0 atom stereocenters. The summed E-state index contributed by atoms with van der Waals surface area (Å²) in [4.78, 5) is 0. The number of ether oxygens (including phenoxy) is 2. The molecule has 1 rings (SSSR count). The maximum atomic E-state index is 5.66.